The fourth-order valence-corrected chi connectivity index (χ4v) is 2.42. The Morgan fingerprint density at radius 1 is 1.08 bits per heavy atom. The van der Waals surface area contributed by atoms with Gasteiger partial charge in [-0.15, -0.1) is 0 Å². The second-order valence-corrected chi connectivity index (χ2v) is 6.78. The molecule has 2 aromatic rings. The minimum Gasteiger partial charge on any atom is -0.355 e. The Kier molecular flexibility index (Phi) is 6.32. The number of halogens is 3. The Morgan fingerprint density at radius 3 is 2.46 bits per heavy atom. The number of benzene rings is 2. The van der Waals surface area contributed by atoms with Crippen molar-refractivity contribution in [2.45, 2.75) is 20.3 Å². The van der Waals surface area contributed by atoms with Crippen LogP contribution in [0.3, 0.4) is 0 Å². The molecule has 0 aliphatic carbocycles. The molecule has 138 valence electrons. The zero-order valence-electron chi connectivity index (χ0n) is 14.4. The van der Waals surface area contributed by atoms with E-state index in [1.807, 2.05) is 12.1 Å². The molecule has 7 heteroatoms. The molecule has 26 heavy (non-hydrogen) atoms. The van der Waals surface area contributed by atoms with Crippen molar-refractivity contribution >= 4 is 29.1 Å². The van der Waals surface area contributed by atoms with Gasteiger partial charge >= 0.3 is 0 Å². The summed E-state index contributed by atoms with van der Waals surface area (Å²) in [6.45, 7) is 3.18. The molecule has 0 atom stereocenters. The van der Waals surface area contributed by atoms with Crippen LogP contribution in [0.15, 0.2) is 42.5 Å². The first-order valence-corrected chi connectivity index (χ1v) is 8.37. The number of anilines is 1. The molecule has 2 N–H and O–H groups in total. The third kappa shape index (κ3) is 5.02. The van der Waals surface area contributed by atoms with Gasteiger partial charge in [0, 0.05) is 17.6 Å². The van der Waals surface area contributed by atoms with Crippen LogP contribution in [-0.2, 0) is 16.0 Å². The summed E-state index contributed by atoms with van der Waals surface area (Å²) in [7, 11) is 0. The first kappa shape index (κ1) is 19.8. The van der Waals surface area contributed by atoms with Gasteiger partial charge < -0.3 is 10.6 Å². The fourth-order valence-electron chi connectivity index (χ4n) is 2.21. The molecular weight excluding hydrogens is 362 g/mol. The molecule has 0 saturated carbocycles. The molecule has 0 radical (unpaired) electrons. The molecule has 0 saturated heterocycles. The minimum absolute atomic E-state index is 0.184. The lowest BCUT2D eigenvalue weighted by Crippen LogP contribution is -2.45. The van der Waals surface area contributed by atoms with E-state index in [2.05, 4.69) is 10.6 Å². The highest BCUT2D eigenvalue weighted by atomic mass is 35.5. The second kappa shape index (κ2) is 8.27. The van der Waals surface area contributed by atoms with E-state index in [1.165, 1.54) is 13.8 Å². The van der Waals surface area contributed by atoms with Crippen LogP contribution in [0.4, 0.5) is 14.5 Å². The highest BCUT2D eigenvalue weighted by Crippen LogP contribution is 2.21. The van der Waals surface area contributed by atoms with Crippen LogP contribution in [0.25, 0.3) is 0 Å². The zero-order valence-corrected chi connectivity index (χ0v) is 15.2. The fraction of sp³-hybridized carbons (Fsp3) is 0.263. The van der Waals surface area contributed by atoms with Gasteiger partial charge in [0.15, 0.2) is 0 Å². The SMILES string of the molecule is CC(C)(C(=O)NCCc1cccc(Cl)c1)C(=O)Nc1ccc(F)cc1F. The molecule has 2 aromatic carbocycles. The predicted octanol–water partition coefficient (Wildman–Crippen LogP) is 3.94. The summed E-state index contributed by atoms with van der Waals surface area (Å²) in [5.41, 5.74) is -0.667. The van der Waals surface area contributed by atoms with Gasteiger partial charge in [-0.25, -0.2) is 8.78 Å². The molecule has 0 aromatic heterocycles. The first-order chi connectivity index (χ1) is 12.2. The molecule has 0 heterocycles. The Labute approximate surface area is 155 Å². The molecule has 0 fully saturated rings. The molecule has 0 unspecified atom stereocenters. The summed E-state index contributed by atoms with van der Waals surface area (Å²) < 4.78 is 26.6. The average Bonchev–Trinajstić information content (AvgIpc) is 2.57. The van der Waals surface area contributed by atoms with Crippen molar-refractivity contribution < 1.29 is 18.4 Å². The number of hydrogen-bond acceptors (Lipinski definition) is 2. The van der Waals surface area contributed by atoms with E-state index in [-0.39, 0.29) is 5.69 Å². The van der Waals surface area contributed by atoms with E-state index in [1.54, 1.807) is 12.1 Å². The van der Waals surface area contributed by atoms with Gasteiger partial charge in [0.1, 0.15) is 17.0 Å². The predicted molar refractivity (Wildman–Crippen MR) is 96.9 cm³/mol. The number of rotatable bonds is 6. The number of amides is 2. The summed E-state index contributed by atoms with van der Waals surface area (Å²) in [6.07, 6.45) is 0.552. The van der Waals surface area contributed by atoms with Crippen LogP contribution >= 0.6 is 11.6 Å². The quantitative estimate of drug-likeness (QED) is 0.746. The van der Waals surface area contributed by atoms with E-state index in [0.29, 0.717) is 24.1 Å². The second-order valence-electron chi connectivity index (χ2n) is 6.34. The van der Waals surface area contributed by atoms with Gasteiger partial charge in [-0.1, -0.05) is 23.7 Å². The molecule has 2 rings (SSSR count). The summed E-state index contributed by atoms with van der Waals surface area (Å²) in [6, 6.07) is 10.0. The summed E-state index contributed by atoms with van der Waals surface area (Å²) in [5, 5.41) is 5.61. The molecule has 0 aliphatic heterocycles. The van der Waals surface area contributed by atoms with Crippen molar-refractivity contribution in [3.63, 3.8) is 0 Å². The smallest absolute Gasteiger partial charge is 0.239 e. The van der Waals surface area contributed by atoms with Crippen LogP contribution in [0, 0.1) is 17.0 Å². The first-order valence-electron chi connectivity index (χ1n) is 7.99. The normalized spacial score (nSPS) is 11.1. The Bertz CT molecular complexity index is 825. The van der Waals surface area contributed by atoms with Crippen molar-refractivity contribution in [3.8, 4) is 0 Å². The van der Waals surface area contributed by atoms with Crippen molar-refractivity contribution in [3.05, 3.63) is 64.7 Å². The maximum absolute atomic E-state index is 13.7. The maximum atomic E-state index is 13.7. The molecule has 0 bridgehead atoms. The molecule has 2 amide bonds. The largest absolute Gasteiger partial charge is 0.355 e. The van der Waals surface area contributed by atoms with E-state index < -0.39 is 28.9 Å². The lowest BCUT2D eigenvalue weighted by molar-refractivity contribution is -0.138. The average molecular weight is 381 g/mol. The monoisotopic (exact) mass is 380 g/mol. The van der Waals surface area contributed by atoms with Gasteiger partial charge in [-0.3, -0.25) is 9.59 Å². The number of nitrogens with one attached hydrogen (secondary N) is 2. The van der Waals surface area contributed by atoms with E-state index in [0.717, 1.165) is 17.7 Å². The van der Waals surface area contributed by atoms with Crippen molar-refractivity contribution in [2.75, 3.05) is 11.9 Å². The highest BCUT2D eigenvalue weighted by molar-refractivity contribution is 6.30. The number of carbonyl (C=O) groups is 2. The summed E-state index contributed by atoms with van der Waals surface area (Å²) in [4.78, 5) is 24.7. The highest BCUT2D eigenvalue weighted by Gasteiger charge is 2.36. The van der Waals surface area contributed by atoms with Crippen LogP contribution in [0.2, 0.25) is 5.02 Å². The topological polar surface area (TPSA) is 58.2 Å². The van der Waals surface area contributed by atoms with Crippen molar-refractivity contribution in [1.29, 1.82) is 0 Å². The van der Waals surface area contributed by atoms with E-state index in [9.17, 15) is 18.4 Å². The molecule has 0 aliphatic rings. The third-order valence-corrected chi connectivity index (χ3v) is 4.14. The Balaban J connectivity index is 1.94. The third-order valence-electron chi connectivity index (χ3n) is 3.90. The number of hydrogen-bond donors (Lipinski definition) is 2. The van der Waals surface area contributed by atoms with Crippen LogP contribution in [-0.4, -0.2) is 18.4 Å². The van der Waals surface area contributed by atoms with Gasteiger partial charge in [0.2, 0.25) is 11.8 Å². The van der Waals surface area contributed by atoms with E-state index >= 15 is 0 Å². The van der Waals surface area contributed by atoms with Crippen LogP contribution < -0.4 is 10.6 Å². The Hall–Kier alpha value is -2.47. The van der Waals surface area contributed by atoms with E-state index in [4.69, 9.17) is 11.6 Å². The van der Waals surface area contributed by atoms with Gasteiger partial charge in [0.05, 0.1) is 5.69 Å². The Morgan fingerprint density at radius 2 is 1.81 bits per heavy atom. The molecular formula is C19H19ClF2N2O2. The minimum atomic E-state index is -1.44. The summed E-state index contributed by atoms with van der Waals surface area (Å²) in [5.74, 6) is -2.85. The summed E-state index contributed by atoms with van der Waals surface area (Å²) >= 11 is 5.91. The van der Waals surface area contributed by atoms with Gasteiger partial charge in [-0.05, 0) is 50.1 Å². The van der Waals surface area contributed by atoms with Gasteiger partial charge in [-0.2, -0.15) is 0 Å². The van der Waals surface area contributed by atoms with Crippen LogP contribution in [0.5, 0.6) is 0 Å². The maximum Gasteiger partial charge on any atom is 0.239 e. The van der Waals surface area contributed by atoms with Crippen LogP contribution in [0.1, 0.15) is 19.4 Å². The van der Waals surface area contributed by atoms with Crippen molar-refractivity contribution in [1.82, 2.24) is 5.32 Å². The lowest BCUT2D eigenvalue weighted by Gasteiger charge is -2.23. The molecule has 0 spiro atoms. The zero-order chi connectivity index (χ0) is 19.3. The standard InChI is InChI=1S/C19H19ClF2N2O2/c1-19(2,18(26)24-16-7-6-14(21)11-15(16)22)17(25)23-9-8-12-4-3-5-13(20)10-12/h3-7,10-11H,8-9H2,1-2H3,(H,23,25)(H,24,26). The van der Waals surface area contributed by atoms with Crippen molar-refractivity contribution in [2.24, 2.45) is 5.41 Å². The number of carbonyl (C=O) groups excluding carboxylic acids is 2. The lowest BCUT2D eigenvalue weighted by atomic mass is 9.90. The van der Waals surface area contributed by atoms with Gasteiger partial charge in [0.25, 0.3) is 0 Å². The molecule has 4 nitrogen and oxygen atoms in total.